The van der Waals surface area contributed by atoms with Crippen molar-refractivity contribution in [1.82, 2.24) is 14.9 Å². The topological polar surface area (TPSA) is 58.2 Å². The number of ether oxygens (including phenoxy) is 1. The number of nitrogens with one attached hydrogen (secondary N) is 1. The van der Waals surface area contributed by atoms with E-state index in [-0.39, 0.29) is 18.1 Å². The molecule has 2 fully saturated rings. The molecule has 4 rings (SSSR count). The fraction of sp³-hybridized carbons (Fsp3) is 0.579. The number of carbonyl (C=O) groups is 1. The molecule has 24 heavy (non-hydrogen) atoms. The molecule has 1 aromatic carbocycles. The van der Waals surface area contributed by atoms with Crippen molar-refractivity contribution < 1.29 is 9.53 Å². The van der Waals surface area contributed by atoms with Gasteiger partial charge in [-0.15, -0.1) is 0 Å². The van der Waals surface area contributed by atoms with Crippen LogP contribution in [-0.2, 0) is 9.53 Å². The summed E-state index contributed by atoms with van der Waals surface area (Å²) in [6.07, 6.45) is 6.28. The summed E-state index contributed by atoms with van der Waals surface area (Å²) >= 11 is 0. The van der Waals surface area contributed by atoms with Crippen LogP contribution in [0.5, 0.6) is 0 Å². The number of likely N-dealkylation sites (tertiary alicyclic amines) is 1. The summed E-state index contributed by atoms with van der Waals surface area (Å²) in [5.74, 6) is 1.33. The van der Waals surface area contributed by atoms with E-state index in [1.165, 1.54) is 0 Å². The van der Waals surface area contributed by atoms with Gasteiger partial charge in [-0.05, 0) is 44.2 Å². The molecule has 1 amide bonds. The third-order valence-electron chi connectivity index (χ3n) is 5.57. The molecule has 0 bridgehead atoms. The SMILES string of the molecule is CO[C@@H]1CCC[C@@H](C(=O)N2CCC[C@H]2c2nc3ccccc3[nH]2)C1. The molecular formula is C19H25N3O2. The Morgan fingerprint density at radius 1 is 1.25 bits per heavy atom. The first-order chi connectivity index (χ1) is 11.8. The van der Waals surface area contributed by atoms with Crippen molar-refractivity contribution in [3.8, 4) is 0 Å². The zero-order valence-electron chi connectivity index (χ0n) is 14.2. The van der Waals surface area contributed by atoms with Gasteiger partial charge in [-0.1, -0.05) is 18.6 Å². The first-order valence-corrected chi connectivity index (χ1v) is 9.04. The Balaban J connectivity index is 1.54. The normalized spacial score (nSPS) is 27.7. The molecule has 3 atom stereocenters. The van der Waals surface area contributed by atoms with Gasteiger partial charge in [0.15, 0.2) is 0 Å². The summed E-state index contributed by atoms with van der Waals surface area (Å²) < 4.78 is 5.50. The number of amides is 1. The highest BCUT2D eigenvalue weighted by Crippen LogP contribution is 2.35. The average Bonchev–Trinajstić information content (AvgIpc) is 3.27. The molecule has 1 saturated carbocycles. The van der Waals surface area contributed by atoms with Gasteiger partial charge < -0.3 is 14.6 Å². The van der Waals surface area contributed by atoms with Crippen molar-refractivity contribution in [3.05, 3.63) is 30.1 Å². The molecule has 128 valence electrons. The Morgan fingerprint density at radius 3 is 2.96 bits per heavy atom. The maximum absolute atomic E-state index is 13.1. The minimum Gasteiger partial charge on any atom is -0.381 e. The van der Waals surface area contributed by atoms with E-state index in [9.17, 15) is 4.79 Å². The van der Waals surface area contributed by atoms with Crippen LogP contribution in [0.2, 0.25) is 0 Å². The lowest BCUT2D eigenvalue weighted by Crippen LogP contribution is -2.39. The highest BCUT2D eigenvalue weighted by Gasteiger charge is 2.37. The Kier molecular flexibility index (Phi) is 4.27. The van der Waals surface area contributed by atoms with E-state index in [0.29, 0.717) is 5.91 Å². The molecule has 2 aliphatic rings. The summed E-state index contributed by atoms with van der Waals surface area (Å²) in [5, 5.41) is 0. The van der Waals surface area contributed by atoms with Gasteiger partial charge in [-0.3, -0.25) is 4.79 Å². The fourth-order valence-corrected chi connectivity index (χ4v) is 4.26. The van der Waals surface area contributed by atoms with E-state index in [0.717, 1.165) is 61.9 Å². The number of carbonyl (C=O) groups excluding carboxylic acids is 1. The van der Waals surface area contributed by atoms with Gasteiger partial charge in [0, 0.05) is 19.6 Å². The second-order valence-electron chi connectivity index (χ2n) is 7.05. The van der Waals surface area contributed by atoms with Gasteiger partial charge in [-0.2, -0.15) is 0 Å². The summed E-state index contributed by atoms with van der Waals surface area (Å²) in [6, 6.07) is 8.15. The summed E-state index contributed by atoms with van der Waals surface area (Å²) in [4.78, 5) is 23.3. The van der Waals surface area contributed by atoms with Gasteiger partial charge in [-0.25, -0.2) is 4.98 Å². The van der Waals surface area contributed by atoms with E-state index in [4.69, 9.17) is 9.72 Å². The Hall–Kier alpha value is -1.88. The zero-order chi connectivity index (χ0) is 16.5. The molecule has 1 aliphatic carbocycles. The number of H-pyrrole nitrogens is 1. The molecule has 5 heteroatoms. The second kappa shape index (κ2) is 6.55. The highest BCUT2D eigenvalue weighted by atomic mass is 16.5. The predicted octanol–water partition coefficient (Wildman–Crippen LogP) is 3.43. The summed E-state index contributed by atoms with van der Waals surface area (Å²) in [7, 11) is 1.75. The number of benzene rings is 1. The Morgan fingerprint density at radius 2 is 2.12 bits per heavy atom. The summed E-state index contributed by atoms with van der Waals surface area (Å²) in [5.41, 5.74) is 2.02. The standard InChI is InChI=1S/C19H25N3O2/c1-24-14-7-4-6-13(12-14)19(23)22-11-5-10-17(22)18-20-15-8-2-3-9-16(15)21-18/h2-3,8-9,13-14,17H,4-7,10-12H2,1H3,(H,20,21)/t13-,14-,17+/m1/s1. The number of aromatic amines is 1. The van der Waals surface area contributed by atoms with E-state index >= 15 is 0 Å². The Labute approximate surface area is 142 Å². The van der Waals surface area contributed by atoms with Crippen molar-refractivity contribution in [2.24, 2.45) is 5.92 Å². The van der Waals surface area contributed by atoms with Gasteiger partial charge in [0.05, 0.1) is 23.2 Å². The van der Waals surface area contributed by atoms with Gasteiger partial charge >= 0.3 is 0 Å². The Bertz CT molecular complexity index is 693. The minimum atomic E-state index is 0.0906. The molecule has 5 nitrogen and oxygen atoms in total. The molecule has 2 aromatic rings. The average molecular weight is 327 g/mol. The van der Waals surface area contributed by atoms with Gasteiger partial charge in [0.1, 0.15) is 5.82 Å². The van der Waals surface area contributed by atoms with Crippen LogP contribution in [0, 0.1) is 5.92 Å². The van der Waals surface area contributed by atoms with Crippen molar-refractivity contribution in [2.45, 2.75) is 50.7 Å². The molecule has 1 saturated heterocycles. The van der Waals surface area contributed by atoms with Crippen LogP contribution < -0.4 is 0 Å². The van der Waals surface area contributed by atoms with Crippen molar-refractivity contribution in [3.63, 3.8) is 0 Å². The largest absolute Gasteiger partial charge is 0.381 e. The van der Waals surface area contributed by atoms with E-state index < -0.39 is 0 Å². The molecule has 2 heterocycles. The number of fused-ring (bicyclic) bond motifs is 1. The van der Waals surface area contributed by atoms with Crippen molar-refractivity contribution in [2.75, 3.05) is 13.7 Å². The highest BCUT2D eigenvalue weighted by molar-refractivity contribution is 5.80. The lowest BCUT2D eigenvalue weighted by Gasteiger charge is -2.32. The number of rotatable bonds is 3. The van der Waals surface area contributed by atoms with Gasteiger partial charge in [0.25, 0.3) is 0 Å². The van der Waals surface area contributed by atoms with Gasteiger partial charge in [0.2, 0.25) is 5.91 Å². The van der Waals surface area contributed by atoms with Crippen LogP contribution in [0.4, 0.5) is 0 Å². The van der Waals surface area contributed by atoms with Crippen molar-refractivity contribution in [1.29, 1.82) is 0 Å². The van der Waals surface area contributed by atoms with Crippen LogP contribution in [0.1, 0.15) is 50.4 Å². The first kappa shape index (κ1) is 15.6. The second-order valence-corrected chi connectivity index (χ2v) is 7.05. The molecule has 0 spiro atoms. The maximum Gasteiger partial charge on any atom is 0.226 e. The molecule has 1 N–H and O–H groups in total. The smallest absolute Gasteiger partial charge is 0.226 e. The quantitative estimate of drug-likeness (QED) is 0.939. The molecule has 0 radical (unpaired) electrons. The summed E-state index contributed by atoms with van der Waals surface area (Å²) in [6.45, 7) is 0.842. The first-order valence-electron chi connectivity index (χ1n) is 9.04. The van der Waals surface area contributed by atoms with Crippen LogP contribution in [0.15, 0.2) is 24.3 Å². The monoisotopic (exact) mass is 327 g/mol. The third-order valence-corrected chi connectivity index (χ3v) is 5.57. The number of hydrogen-bond acceptors (Lipinski definition) is 3. The third kappa shape index (κ3) is 2.81. The lowest BCUT2D eigenvalue weighted by molar-refractivity contribution is -0.139. The molecule has 1 aromatic heterocycles. The van der Waals surface area contributed by atoms with Crippen LogP contribution >= 0.6 is 0 Å². The van der Waals surface area contributed by atoms with Crippen molar-refractivity contribution >= 4 is 16.9 Å². The lowest BCUT2D eigenvalue weighted by atomic mass is 9.86. The maximum atomic E-state index is 13.1. The number of imidazole rings is 1. The number of hydrogen-bond donors (Lipinski definition) is 1. The number of methoxy groups -OCH3 is 1. The van der Waals surface area contributed by atoms with E-state index in [2.05, 4.69) is 9.88 Å². The van der Waals surface area contributed by atoms with Crippen LogP contribution in [0.3, 0.4) is 0 Å². The zero-order valence-corrected chi connectivity index (χ0v) is 14.2. The predicted molar refractivity (Wildman–Crippen MR) is 92.5 cm³/mol. The number of nitrogens with zero attached hydrogens (tertiary/aromatic N) is 2. The minimum absolute atomic E-state index is 0.0906. The molecule has 0 unspecified atom stereocenters. The van der Waals surface area contributed by atoms with E-state index in [1.54, 1.807) is 7.11 Å². The van der Waals surface area contributed by atoms with Crippen LogP contribution in [0.25, 0.3) is 11.0 Å². The van der Waals surface area contributed by atoms with Crippen LogP contribution in [-0.4, -0.2) is 40.5 Å². The fourth-order valence-electron chi connectivity index (χ4n) is 4.26. The number of aromatic nitrogens is 2. The molecular weight excluding hydrogens is 302 g/mol. The molecule has 1 aliphatic heterocycles. The number of para-hydroxylation sites is 2. The van der Waals surface area contributed by atoms with E-state index in [1.807, 2.05) is 24.3 Å².